The van der Waals surface area contributed by atoms with E-state index in [2.05, 4.69) is 10.1 Å². The van der Waals surface area contributed by atoms with E-state index in [4.69, 9.17) is 4.52 Å². The summed E-state index contributed by atoms with van der Waals surface area (Å²) in [6.07, 6.45) is 4.61. The van der Waals surface area contributed by atoms with Crippen LogP contribution >= 0.6 is 0 Å². The number of carbonyl (C=O) groups excluding carboxylic acids is 2. The fourth-order valence-corrected chi connectivity index (χ4v) is 3.91. The molecule has 0 spiro atoms. The lowest BCUT2D eigenvalue weighted by molar-refractivity contribution is -0.117. The maximum absolute atomic E-state index is 12.7. The number of aliphatic imine (C=N–C) groups is 1. The molecule has 6 nitrogen and oxygen atoms in total. The molecule has 0 atom stereocenters. The van der Waals surface area contributed by atoms with Gasteiger partial charge in [-0.3, -0.25) is 14.6 Å². The van der Waals surface area contributed by atoms with Crippen LogP contribution in [-0.2, 0) is 17.6 Å². The molecule has 1 saturated carbocycles. The highest BCUT2D eigenvalue weighted by molar-refractivity contribution is 6.24. The van der Waals surface area contributed by atoms with Crippen LogP contribution in [0.25, 0.3) is 0 Å². The first-order valence-electron chi connectivity index (χ1n) is 9.82. The molecule has 2 aliphatic carbocycles. The molecule has 1 heterocycles. The van der Waals surface area contributed by atoms with Crippen molar-refractivity contribution in [3.8, 4) is 0 Å². The number of Topliss-reactive ketones (excluding diaryl/α,β-unsaturated/α-hetero) is 2. The quantitative estimate of drug-likeness (QED) is 0.618. The Hall–Kier alpha value is -2.24. The summed E-state index contributed by atoms with van der Waals surface area (Å²) in [5.74, 6) is 0.691. The average Bonchev–Trinajstić information content (AvgIpc) is 3.01. The Morgan fingerprint density at radius 2 is 2.00 bits per heavy atom. The molecule has 0 aliphatic heterocycles. The number of allylic oxidation sites excluding steroid dienone is 2. The Morgan fingerprint density at radius 1 is 1.22 bits per heavy atom. The molecule has 0 amide bonds. The molecule has 146 valence electrons. The summed E-state index contributed by atoms with van der Waals surface area (Å²) < 4.78 is 5.30. The molecule has 1 aromatic rings. The molecule has 6 heteroatoms. The van der Waals surface area contributed by atoms with Gasteiger partial charge in [0, 0.05) is 44.4 Å². The fraction of sp³-hybridized carbons (Fsp3) is 0.619. The second-order valence-electron chi connectivity index (χ2n) is 8.30. The van der Waals surface area contributed by atoms with Crippen molar-refractivity contribution in [3.63, 3.8) is 0 Å². The van der Waals surface area contributed by atoms with Gasteiger partial charge in [-0.15, -0.1) is 0 Å². The maximum Gasteiger partial charge on any atom is 0.168 e. The van der Waals surface area contributed by atoms with Crippen LogP contribution < -0.4 is 0 Å². The van der Waals surface area contributed by atoms with E-state index in [0.717, 1.165) is 19.3 Å². The molecule has 1 N–H and O–H groups in total. The number of ketones is 2. The number of aliphatic hydroxyl groups excluding tert-OH is 1. The van der Waals surface area contributed by atoms with E-state index in [9.17, 15) is 14.7 Å². The lowest BCUT2D eigenvalue weighted by atomic mass is 9.73. The van der Waals surface area contributed by atoms with Crippen molar-refractivity contribution in [1.82, 2.24) is 5.16 Å². The first-order valence-corrected chi connectivity index (χ1v) is 9.82. The summed E-state index contributed by atoms with van der Waals surface area (Å²) in [6, 6.07) is 0. The third-order valence-corrected chi connectivity index (χ3v) is 5.19. The van der Waals surface area contributed by atoms with Crippen molar-refractivity contribution in [2.45, 2.75) is 72.1 Å². The molecule has 0 radical (unpaired) electrons. The van der Waals surface area contributed by atoms with Crippen LogP contribution in [0.15, 0.2) is 20.8 Å². The summed E-state index contributed by atoms with van der Waals surface area (Å²) in [4.78, 5) is 29.4. The summed E-state index contributed by atoms with van der Waals surface area (Å²) in [7, 11) is 0. The van der Waals surface area contributed by atoms with Gasteiger partial charge in [0.25, 0.3) is 0 Å². The largest absolute Gasteiger partial charge is 0.511 e. The normalized spacial score (nSPS) is 22.9. The van der Waals surface area contributed by atoms with Gasteiger partial charge in [0.1, 0.15) is 11.5 Å². The van der Waals surface area contributed by atoms with Gasteiger partial charge in [0.2, 0.25) is 0 Å². The van der Waals surface area contributed by atoms with Crippen LogP contribution in [0.2, 0.25) is 0 Å². The molecule has 2 aliphatic rings. The highest BCUT2D eigenvalue weighted by atomic mass is 16.5. The number of nitrogens with zero attached hydrogens (tertiary/aromatic N) is 2. The zero-order chi connectivity index (χ0) is 19.6. The van der Waals surface area contributed by atoms with Gasteiger partial charge in [-0.2, -0.15) is 0 Å². The average molecular weight is 372 g/mol. The maximum atomic E-state index is 12.7. The molecule has 3 rings (SSSR count). The van der Waals surface area contributed by atoms with E-state index >= 15 is 0 Å². The van der Waals surface area contributed by atoms with E-state index in [0.29, 0.717) is 60.5 Å². The molecule has 27 heavy (non-hydrogen) atoms. The van der Waals surface area contributed by atoms with Gasteiger partial charge < -0.3 is 9.63 Å². The van der Waals surface area contributed by atoms with E-state index in [1.807, 2.05) is 20.8 Å². The number of aromatic nitrogens is 1. The standard InChI is InChI=1S/C21H28N2O4/c1-4-10-22-14-11-21(2,3)12-17(26)19(14)16(25)9-8-13-20-15(24)6-5-7-18(20)27-23-13/h25H,4-12H2,1-3H3/b19-16-,22-14?. The highest BCUT2D eigenvalue weighted by Crippen LogP contribution is 2.36. The summed E-state index contributed by atoms with van der Waals surface area (Å²) in [5.41, 5.74) is 2.08. The molecule has 0 bridgehead atoms. The third-order valence-electron chi connectivity index (χ3n) is 5.19. The Morgan fingerprint density at radius 3 is 2.74 bits per heavy atom. The van der Waals surface area contributed by atoms with E-state index in [1.54, 1.807) is 0 Å². The Kier molecular flexibility index (Phi) is 5.63. The second kappa shape index (κ2) is 7.79. The minimum absolute atomic E-state index is 0.0466. The number of hydrogen-bond acceptors (Lipinski definition) is 6. The molecule has 0 unspecified atom stereocenters. The number of aliphatic hydroxyl groups is 1. The van der Waals surface area contributed by atoms with Gasteiger partial charge in [-0.05, 0) is 24.7 Å². The monoisotopic (exact) mass is 372 g/mol. The number of aryl methyl sites for hydroxylation is 2. The SMILES string of the molecule is CCCN=C1CC(C)(C)CC(=O)/C1=C(\O)CCc1noc2c1C(=O)CCC2. The zero-order valence-corrected chi connectivity index (χ0v) is 16.4. The number of fused-ring (bicyclic) bond motifs is 1. The van der Waals surface area contributed by atoms with Crippen molar-refractivity contribution in [2.75, 3.05) is 6.54 Å². The van der Waals surface area contributed by atoms with Crippen LogP contribution in [0, 0.1) is 5.41 Å². The van der Waals surface area contributed by atoms with Crippen LogP contribution in [-0.4, -0.2) is 34.1 Å². The van der Waals surface area contributed by atoms with Crippen molar-refractivity contribution < 1.29 is 19.2 Å². The first-order chi connectivity index (χ1) is 12.8. The second-order valence-corrected chi connectivity index (χ2v) is 8.30. The molecule has 0 aromatic carbocycles. The molecule has 1 fully saturated rings. The van der Waals surface area contributed by atoms with Crippen LogP contribution in [0.1, 0.15) is 81.1 Å². The Labute approximate surface area is 159 Å². The predicted octanol–water partition coefficient (Wildman–Crippen LogP) is 4.18. The predicted molar refractivity (Wildman–Crippen MR) is 102 cm³/mol. The van der Waals surface area contributed by atoms with Crippen molar-refractivity contribution in [2.24, 2.45) is 10.4 Å². The zero-order valence-electron chi connectivity index (χ0n) is 16.4. The first kappa shape index (κ1) is 19.5. The summed E-state index contributed by atoms with van der Waals surface area (Å²) >= 11 is 0. The van der Waals surface area contributed by atoms with Crippen molar-refractivity contribution in [3.05, 3.63) is 28.3 Å². The van der Waals surface area contributed by atoms with Gasteiger partial charge in [0.15, 0.2) is 11.6 Å². The summed E-state index contributed by atoms with van der Waals surface area (Å²) in [6.45, 7) is 6.77. The van der Waals surface area contributed by atoms with Crippen LogP contribution in [0.5, 0.6) is 0 Å². The van der Waals surface area contributed by atoms with Gasteiger partial charge >= 0.3 is 0 Å². The van der Waals surface area contributed by atoms with E-state index in [1.165, 1.54) is 0 Å². The smallest absolute Gasteiger partial charge is 0.168 e. The molecule has 1 aromatic heterocycles. The lowest BCUT2D eigenvalue weighted by Gasteiger charge is -2.31. The highest BCUT2D eigenvalue weighted by Gasteiger charge is 2.36. The number of rotatable bonds is 5. The molecule has 0 saturated heterocycles. The van der Waals surface area contributed by atoms with E-state index < -0.39 is 0 Å². The Bertz CT molecular complexity index is 814. The summed E-state index contributed by atoms with van der Waals surface area (Å²) in [5, 5.41) is 14.7. The minimum atomic E-state index is -0.148. The topological polar surface area (TPSA) is 92.8 Å². The minimum Gasteiger partial charge on any atom is -0.511 e. The van der Waals surface area contributed by atoms with Gasteiger partial charge in [-0.1, -0.05) is 25.9 Å². The van der Waals surface area contributed by atoms with Crippen molar-refractivity contribution >= 4 is 17.3 Å². The molecular formula is C21H28N2O4. The number of carbonyl (C=O) groups is 2. The van der Waals surface area contributed by atoms with Crippen LogP contribution in [0.4, 0.5) is 0 Å². The third kappa shape index (κ3) is 4.20. The number of hydrogen-bond donors (Lipinski definition) is 1. The van der Waals surface area contributed by atoms with Gasteiger partial charge in [-0.25, -0.2) is 0 Å². The van der Waals surface area contributed by atoms with Gasteiger partial charge in [0.05, 0.1) is 16.8 Å². The van der Waals surface area contributed by atoms with Crippen molar-refractivity contribution in [1.29, 1.82) is 0 Å². The Balaban J connectivity index is 1.83. The van der Waals surface area contributed by atoms with Crippen LogP contribution in [0.3, 0.4) is 0 Å². The fourth-order valence-electron chi connectivity index (χ4n) is 3.91. The molecular weight excluding hydrogens is 344 g/mol. The lowest BCUT2D eigenvalue weighted by Crippen LogP contribution is -2.33. The van der Waals surface area contributed by atoms with E-state index in [-0.39, 0.29) is 29.2 Å².